The Balaban J connectivity index is 2.01. The van der Waals surface area contributed by atoms with Gasteiger partial charge in [-0.25, -0.2) is 0 Å². The highest BCUT2D eigenvalue weighted by Gasteiger charge is 2.26. The van der Waals surface area contributed by atoms with E-state index in [1.165, 1.54) is 13.5 Å². The standard InChI is InChI=1S/C15H22N2O2S/c1-3-20-11-8-7-10(9-11)17-15(18)12-5-4-6-13(16)14(12)19-2/h4-6,10-11H,3,7-9,16H2,1-2H3,(H,17,18). The molecule has 110 valence electrons. The third-order valence-electron chi connectivity index (χ3n) is 3.62. The van der Waals surface area contributed by atoms with Crippen LogP contribution in [0.15, 0.2) is 18.2 Å². The van der Waals surface area contributed by atoms with Crippen LogP contribution in [-0.2, 0) is 0 Å². The number of rotatable bonds is 5. The van der Waals surface area contributed by atoms with E-state index >= 15 is 0 Å². The number of carbonyl (C=O) groups is 1. The van der Waals surface area contributed by atoms with E-state index in [1.54, 1.807) is 18.2 Å². The van der Waals surface area contributed by atoms with Gasteiger partial charge in [-0.05, 0) is 37.1 Å². The molecule has 20 heavy (non-hydrogen) atoms. The van der Waals surface area contributed by atoms with Crippen molar-refractivity contribution in [3.8, 4) is 5.75 Å². The van der Waals surface area contributed by atoms with Gasteiger partial charge in [-0.15, -0.1) is 0 Å². The summed E-state index contributed by atoms with van der Waals surface area (Å²) in [5, 5.41) is 3.77. The normalized spacial score (nSPS) is 21.7. The number of methoxy groups -OCH3 is 1. The highest BCUT2D eigenvalue weighted by Crippen LogP contribution is 2.31. The van der Waals surface area contributed by atoms with E-state index in [0.29, 0.717) is 22.3 Å². The summed E-state index contributed by atoms with van der Waals surface area (Å²) in [5.74, 6) is 1.50. The molecule has 1 amide bonds. The monoisotopic (exact) mass is 294 g/mol. The van der Waals surface area contributed by atoms with Crippen molar-refractivity contribution in [1.82, 2.24) is 5.32 Å². The summed E-state index contributed by atoms with van der Waals surface area (Å²) in [6.45, 7) is 2.17. The zero-order valence-corrected chi connectivity index (χ0v) is 12.8. The lowest BCUT2D eigenvalue weighted by Crippen LogP contribution is -2.33. The summed E-state index contributed by atoms with van der Waals surface area (Å²) in [4.78, 5) is 12.3. The number of thioether (sulfide) groups is 1. The molecule has 1 aromatic rings. The molecule has 4 nitrogen and oxygen atoms in total. The number of hydrogen-bond acceptors (Lipinski definition) is 4. The first-order valence-corrected chi connectivity index (χ1v) is 8.05. The van der Waals surface area contributed by atoms with Gasteiger partial charge in [0.05, 0.1) is 18.4 Å². The number of para-hydroxylation sites is 1. The molecule has 0 saturated heterocycles. The molecular formula is C15H22N2O2S. The van der Waals surface area contributed by atoms with Gasteiger partial charge in [-0.2, -0.15) is 11.8 Å². The smallest absolute Gasteiger partial charge is 0.255 e. The van der Waals surface area contributed by atoms with Crippen molar-refractivity contribution in [2.75, 3.05) is 18.6 Å². The first-order valence-electron chi connectivity index (χ1n) is 7.00. The van der Waals surface area contributed by atoms with Crippen LogP contribution in [0, 0.1) is 0 Å². The maximum Gasteiger partial charge on any atom is 0.255 e. The van der Waals surface area contributed by atoms with E-state index in [-0.39, 0.29) is 11.9 Å². The second-order valence-corrected chi connectivity index (χ2v) is 6.57. The van der Waals surface area contributed by atoms with Crippen LogP contribution in [0.25, 0.3) is 0 Å². The quantitative estimate of drug-likeness (QED) is 0.820. The third kappa shape index (κ3) is 3.39. The van der Waals surface area contributed by atoms with Crippen LogP contribution in [0.1, 0.15) is 36.5 Å². The van der Waals surface area contributed by atoms with Gasteiger partial charge in [-0.3, -0.25) is 4.79 Å². The Bertz CT molecular complexity index is 479. The van der Waals surface area contributed by atoms with Crippen molar-refractivity contribution in [3.63, 3.8) is 0 Å². The molecule has 1 saturated carbocycles. The number of nitrogens with two attached hydrogens (primary N) is 1. The first-order chi connectivity index (χ1) is 9.65. The fraction of sp³-hybridized carbons (Fsp3) is 0.533. The topological polar surface area (TPSA) is 64.4 Å². The average Bonchev–Trinajstić information content (AvgIpc) is 2.86. The van der Waals surface area contributed by atoms with Crippen LogP contribution < -0.4 is 15.8 Å². The molecule has 2 rings (SSSR count). The van der Waals surface area contributed by atoms with Gasteiger partial charge in [0.15, 0.2) is 5.75 Å². The first kappa shape index (κ1) is 15.0. The second-order valence-electron chi connectivity index (χ2n) is 4.99. The molecule has 0 radical (unpaired) electrons. The molecule has 1 aromatic carbocycles. The number of nitrogen functional groups attached to an aromatic ring is 1. The molecule has 0 aromatic heterocycles. The Labute approximate surface area is 124 Å². The summed E-state index contributed by atoms with van der Waals surface area (Å²) in [5.41, 5.74) is 6.84. The molecule has 0 spiro atoms. The second kappa shape index (κ2) is 6.88. The molecule has 2 unspecified atom stereocenters. The van der Waals surface area contributed by atoms with E-state index in [4.69, 9.17) is 10.5 Å². The molecule has 3 N–H and O–H groups in total. The van der Waals surface area contributed by atoms with Gasteiger partial charge in [0.25, 0.3) is 5.91 Å². The summed E-state index contributed by atoms with van der Waals surface area (Å²) < 4.78 is 5.23. The molecule has 0 bridgehead atoms. The van der Waals surface area contributed by atoms with Crippen molar-refractivity contribution in [2.24, 2.45) is 0 Å². The number of amides is 1. The Morgan fingerprint density at radius 1 is 1.50 bits per heavy atom. The van der Waals surface area contributed by atoms with Crippen molar-refractivity contribution in [3.05, 3.63) is 23.8 Å². The van der Waals surface area contributed by atoms with E-state index in [2.05, 4.69) is 12.2 Å². The van der Waals surface area contributed by atoms with Crippen LogP contribution in [-0.4, -0.2) is 30.1 Å². The van der Waals surface area contributed by atoms with E-state index in [9.17, 15) is 4.79 Å². The zero-order chi connectivity index (χ0) is 14.5. The Morgan fingerprint density at radius 3 is 3.00 bits per heavy atom. The SMILES string of the molecule is CCSC1CCC(NC(=O)c2cccc(N)c2OC)C1. The minimum Gasteiger partial charge on any atom is -0.494 e. The number of anilines is 1. The van der Waals surface area contributed by atoms with Crippen LogP contribution in [0.3, 0.4) is 0 Å². The fourth-order valence-electron chi connectivity index (χ4n) is 2.68. The molecule has 5 heteroatoms. The van der Waals surface area contributed by atoms with Gasteiger partial charge in [-0.1, -0.05) is 13.0 Å². The molecule has 0 heterocycles. The molecule has 1 aliphatic carbocycles. The van der Waals surface area contributed by atoms with Crippen LogP contribution in [0.2, 0.25) is 0 Å². The van der Waals surface area contributed by atoms with Crippen molar-refractivity contribution in [2.45, 2.75) is 37.5 Å². The molecular weight excluding hydrogens is 272 g/mol. The number of nitrogens with one attached hydrogen (secondary N) is 1. The van der Waals surface area contributed by atoms with Crippen LogP contribution in [0.4, 0.5) is 5.69 Å². The molecule has 1 aliphatic rings. The fourth-order valence-corrected chi connectivity index (χ4v) is 3.83. The summed E-state index contributed by atoms with van der Waals surface area (Å²) in [6, 6.07) is 5.52. The lowest BCUT2D eigenvalue weighted by molar-refractivity contribution is 0.0935. The van der Waals surface area contributed by atoms with Crippen LogP contribution in [0.5, 0.6) is 5.75 Å². The largest absolute Gasteiger partial charge is 0.494 e. The van der Waals surface area contributed by atoms with E-state index in [1.807, 2.05) is 11.8 Å². The lowest BCUT2D eigenvalue weighted by atomic mass is 10.1. The highest BCUT2D eigenvalue weighted by atomic mass is 32.2. The van der Waals surface area contributed by atoms with Crippen molar-refractivity contribution in [1.29, 1.82) is 0 Å². The van der Waals surface area contributed by atoms with Gasteiger partial charge in [0.2, 0.25) is 0 Å². The third-order valence-corrected chi connectivity index (χ3v) is 4.85. The maximum absolute atomic E-state index is 12.3. The van der Waals surface area contributed by atoms with Gasteiger partial charge < -0.3 is 15.8 Å². The molecule has 2 atom stereocenters. The minimum absolute atomic E-state index is 0.0960. The van der Waals surface area contributed by atoms with E-state index in [0.717, 1.165) is 18.6 Å². The lowest BCUT2D eigenvalue weighted by Gasteiger charge is -2.15. The van der Waals surface area contributed by atoms with Crippen LogP contribution >= 0.6 is 11.8 Å². The van der Waals surface area contributed by atoms with Crippen molar-refractivity contribution >= 4 is 23.4 Å². The number of hydrogen-bond donors (Lipinski definition) is 2. The van der Waals surface area contributed by atoms with E-state index < -0.39 is 0 Å². The maximum atomic E-state index is 12.3. The number of ether oxygens (including phenoxy) is 1. The predicted octanol–water partition coefficient (Wildman–Crippen LogP) is 2.68. The minimum atomic E-state index is -0.0960. The molecule has 1 fully saturated rings. The summed E-state index contributed by atoms with van der Waals surface area (Å²) in [7, 11) is 1.53. The summed E-state index contributed by atoms with van der Waals surface area (Å²) >= 11 is 1.98. The van der Waals surface area contributed by atoms with Gasteiger partial charge in [0, 0.05) is 11.3 Å². The van der Waals surface area contributed by atoms with Gasteiger partial charge >= 0.3 is 0 Å². The zero-order valence-electron chi connectivity index (χ0n) is 12.0. The summed E-state index contributed by atoms with van der Waals surface area (Å²) in [6.07, 6.45) is 3.28. The number of benzene rings is 1. The Morgan fingerprint density at radius 2 is 2.30 bits per heavy atom. The number of carbonyl (C=O) groups excluding carboxylic acids is 1. The Hall–Kier alpha value is -1.36. The predicted molar refractivity (Wildman–Crippen MR) is 84.4 cm³/mol. The van der Waals surface area contributed by atoms with Gasteiger partial charge in [0.1, 0.15) is 0 Å². The highest BCUT2D eigenvalue weighted by molar-refractivity contribution is 7.99. The molecule has 0 aliphatic heterocycles. The average molecular weight is 294 g/mol. The Kier molecular flexibility index (Phi) is 5.17. The van der Waals surface area contributed by atoms with Crippen molar-refractivity contribution < 1.29 is 9.53 Å².